The van der Waals surface area contributed by atoms with Crippen LogP contribution in [-0.2, 0) is 17.9 Å². The highest BCUT2D eigenvalue weighted by atomic mass is 16.1. The Bertz CT molecular complexity index is 294. The van der Waals surface area contributed by atoms with E-state index >= 15 is 0 Å². The third-order valence-electron chi connectivity index (χ3n) is 1.87. The van der Waals surface area contributed by atoms with Crippen molar-refractivity contribution in [3.05, 3.63) is 18.2 Å². The van der Waals surface area contributed by atoms with Crippen molar-refractivity contribution in [1.29, 1.82) is 0 Å². The van der Waals surface area contributed by atoms with Crippen LogP contribution in [0.4, 0.5) is 0 Å². The van der Waals surface area contributed by atoms with Crippen molar-refractivity contribution in [3.8, 4) is 0 Å². The molecule has 5 heteroatoms. The molecule has 0 aliphatic carbocycles. The molecule has 1 aromatic rings. The van der Waals surface area contributed by atoms with Gasteiger partial charge in [0.05, 0.1) is 17.9 Å². The molecule has 0 saturated heterocycles. The molecule has 0 bridgehead atoms. The molecule has 1 rings (SSSR count). The quantitative estimate of drug-likeness (QED) is 0.655. The Labute approximate surface area is 76.7 Å². The van der Waals surface area contributed by atoms with E-state index < -0.39 is 0 Å². The Hall–Kier alpha value is -1.36. The molecule has 5 nitrogen and oxygen atoms in total. The molecule has 0 saturated carbocycles. The fourth-order valence-corrected chi connectivity index (χ4v) is 1.02. The summed E-state index contributed by atoms with van der Waals surface area (Å²) in [4.78, 5) is 14.8. The summed E-state index contributed by atoms with van der Waals surface area (Å²) in [6, 6.07) is 0. The molecule has 1 unspecified atom stereocenters. The highest BCUT2D eigenvalue weighted by Gasteiger charge is 2.09. The summed E-state index contributed by atoms with van der Waals surface area (Å²) in [6.45, 7) is 2.75. The topological polar surface area (TPSA) is 86.9 Å². The highest BCUT2D eigenvalue weighted by molar-refractivity contribution is 5.76. The van der Waals surface area contributed by atoms with Gasteiger partial charge in [0.15, 0.2) is 0 Å². The van der Waals surface area contributed by atoms with Gasteiger partial charge >= 0.3 is 0 Å². The van der Waals surface area contributed by atoms with E-state index in [0.29, 0.717) is 13.1 Å². The van der Waals surface area contributed by atoms with Crippen LogP contribution < -0.4 is 11.5 Å². The number of amides is 1. The van der Waals surface area contributed by atoms with E-state index in [2.05, 4.69) is 4.98 Å². The number of nitrogens with two attached hydrogens (primary N) is 2. The van der Waals surface area contributed by atoms with Gasteiger partial charge < -0.3 is 16.0 Å². The minimum atomic E-state index is -0.303. The second kappa shape index (κ2) is 4.04. The van der Waals surface area contributed by atoms with Crippen molar-refractivity contribution in [2.75, 3.05) is 0 Å². The highest BCUT2D eigenvalue weighted by Crippen LogP contribution is 2.01. The summed E-state index contributed by atoms with van der Waals surface area (Å²) < 4.78 is 1.82. The average molecular weight is 182 g/mol. The number of rotatable bonds is 4. The molecule has 1 heterocycles. The van der Waals surface area contributed by atoms with Crippen LogP contribution in [0.2, 0.25) is 0 Å². The number of aromatic nitrogens is 2. The molecule has 4 N–H and O–H groups in total. The number of nitrogens with zero attached hydrogens (tertiary/aromatic N) is 2. The fraction of sp³-hybridized carbons (Fsp3) is 0.500. The van der Waals surface area contributed by atoms with E-state index in [-0.39, 0.29) is 11.8 Å². The van der Waals surface area contributed by atoms with E-state index in [0.717, 1.165) is 5.69 Å². The van der Waals surface area contributed by atoms with Gasteiger partial charge in [-0.3, -0.25) is 4.79 Å². The van der Waals surface area contributed by atoms with Gasteiger partial charge in [-0.25, -0.2) is 4.98 Å². The molecule has 0 fully saturated rings. The summed E-state index contributed by atoms with van der Waals surface area (Å²) in [5.74, 6) is -0.483. The van der Waals surface area contributed by atoms with Crippen LogP contribution >= 0.6 is 0 Å². The lowest BCUT2D eigenvalue weighted by Gasteiger charge is -2.06. The Kier molecular flexibility index (Phi) is 3.02. The Morgan fingerprint density at radius 1 is 1.77 bits per heavy atom. The third-order valence-corrected chi connectivity index (χ3v) is 1.87. The van der Waals surface area contributed by atoms with Gasteiger partial charge in [0.1, 0.15) is 0 Å². The molecular formula is C8H14N4O. The van der Waals surface area contributed by atoms with Crippen molar-refractivity contribution in [3.63, 3.8) is 0 Å². The normalized spacial score (nSPS) is 12.8. The van der Waals surface area contributed by atoms with Gasteiger partial charge in [-0.2, -0.15) is 0 Å². The number of hydrogen-bond acceptors (Lipinski definition) is 3. The summed E-state index contributed by atoms with van der Waals surface area (Å²) in [6.07, 6.45) is 3.47. The van der Waals surface area contributed by atoms with E-state index in [1.54, 1.807) is 13.3 Å². The van der Waals surface area contributed by atoms with Crippen molar-refractivity contribution in [2.45, 2.75) is 20.0 Å². The van der Waals surface area contributed by atoms with Crippen LogP contribution in [0.5, 0.6) is 0 Å². The second-order valence-electron chi connectivity index (χ2n) is 3.07. The van der Waals surface area contributed by atoms with Gasteiger partial charge in [-0.05, 0) is 0 Å². The van der Waals surface area contributed by atoms with Crippen molar-refractivity contribution in [1.82, 2.24) is 9.55 Å². The standard InChI is InChI=1S/C8H14N4O/c1-6(8(10)13)3-12-4-7(2-9)11-5-12/h4-6H,2-3,9H2,1H3,(H2,10,13). The zero-order valence-corrected chi connectivity index (χ0v) is 7.60. The maximum Gasteiger partial charge on any atom is 0.222 e. The molecule has 72 valence electrons. The lowest BCUT2D eigenvalue weighted by atomic mass is 10.2. The number of hydrogen-bond donors (Lipinski definition) is 2. The average Bonchev–Trinajstić information content (AvgIpc) is 2.52. The molecule has 0 radical (unpaired) electrons. The van der Waals surface area contributed by atoms with E-state index in [1.807, 2.05) is 10.8 Å². The maximum absolute atomic E-state index is 10.7. The number of primary amides is 1. The molecule has 1 amide bonds. The van der Waals surface area contributed by atoms with Crippen LogP contribution in [0.1, 0.15) is 12.6 Å². The largest absolute Gasteiger partial charge is 0.369 e. The summed E-state index contributed by atoms with van der Waals surface area (Å²) in [5.41, 5.74) is 11.3. The van der Waals surface area contributed by atoms with Crippen molar-refractivity contribution >= 4 is 5.91 Å². The van der Waals surface area contributed by atoms with Crippen LogP contribution in [-0.4, -0.2) is 15.5 Å². The fourth-order valence-electron chi connectivity index (χ4n) is 1.02. The monoisotopic (exact) mass is 182 g/mol. The van der Waals surface area contributed by atoms with Crippen LogP contribution in [0.25, 0.3) is 0 Å². The SMILES string of the molecule is CC(Cn1cnc(CN)c1)C(N)=O. The Morgan fingerprint density at radius 3 is 2.92 bits per heavy atom. The van der Waals surface area contributed by atoms with Gasteiger partial charge in [0.2, 0.25) is 5.91 Å². The van der Waals surface area contributed by atoms with Crippen molar-refractivity contribution < 1.29 is 4.79 Å². The number of imidazole rings is 1. The minimum Gasteiger partial charge on any atom is -0.369 e. The molecule has 0 spiro atoms. The number of carbonyl (C=O) groups excluding carboxylic acids is 1. The first-order valence-corrected chi connectivity index (χ1v) is 4.13. The maximum atomic E-state index is 10.7. The van der Waals surface area contributed by atoms with Crippen LogP contribution in [0, 0.1) is 5.92 Å². The van der Waals surface area contributed by atoms with Gasteiger partial charge in [-0.15, -0.1) is 0 Å². The molecule has 0 aliphatic rings. The van der Waals surface area contributed by atoms with E-state index in [1.165, 1.54) is 0 Å². The molecular weight excluding hydrogens is 168 g/mol. The summed E-state index contributed by atoms with van der Waals surface area (Å²) in [7, 11) is 0. The Morgan fingerprint density at radius 2 is 2.46 bits per heavy atom. The zero-order valence-electron chi connectivity index (χ0n) is 7.60. The number of carbonyl (C=O) groups is 1. The van der Waals surface area contributed by atoms with Crippen LogP contribution in [0.15, 0.2) is 12.5 Å². The molecule has 0 aliphatic heterocycles. The van der Waals surface area contributed by atoms with E-state index in [9.17, 15) is 4.79 Å². The smallest absolute Gasteiger partial charge is 0.222 e. The lowest BCUT2D eigenvalue weighted by Crippen LogP contribution is -2.24. The molecule has 0 aromatic carbocycles. The predicted molar refractivity (Wildman–Crippen MR) is 48.5 cm³/mol. The van der Waals surface area contributed by atoms with Gasteiger partial charge in [0, 0.05) is 19.3 Å². The zero-order chi connectivity index (χ0) is 9.84. The lowest BCUT2D eigenvalue weighted by molar-refractivity contribution is -0.121. The van der Waals surface area contributed by atoms with Gasteiger partial charge in [0.25, 0.3) is 0 Å². The second-order valence-corrected chi connectivity index (χ2v) is 3.07. The molecule has 1 aromatic heterocycles. The first-order chi connectivity index (χ1) is 6.13. The van der Waals surface area contributed by atoms with Crippen molar-refractivity contribution in [2.24, 2.45) is 17.4 Å². The first kappa shape index (κ1) is 9.73. The summed E-state index contributed by atoms with van der Waals surface area (Å²) in [5, 5.41) is 0. The minimum absolute atomic E-state index is 0.181. The Balaban J connectivity index is 2.58. The van der Waals surface area contributed by atoms with E-state index in [4.69, 9.17) is 11.5 Å². The summed E-state index contributed by atoms with van der Waals surface area (Å²) >= 11 is 0. The molecule has 1 atom stereocenters. The van der Waals surface area contributed by atoms with Crippen LogP contribution in [0.3, 0.4) is 0 Å². The van der Waals surface area contributed by atoms with Gasteiger partial charge in [-0.1, -0.05) is 6.92 Å². The third kappa shape index (κ3) is 2.55. The predicted octanol–water partition coefficient (Wildman–Crippen LogP) is -0.537. The first-order valence-electron chi connectivity index (χ1n) is 4.13. The molecule has 13 heavy (non-hydrogen) atoms.